The zero-order valence-electron chi connectivity index (χ0n) is 8.71. The van der Waals surface area contributed by atoms with E-state index in [1.165, 1.54) is 0 Å². The van der Waals surface area contributed by atoms with Crippen molar-refractivity contribution in [3.05, 3.63) is 33.8 Å². The van der Waals surface area contributed by atoms with Crippen molar-refractivity contribution in [3.8, 4) is 0 Å². The van der Waals surface area contributed by atoms with Crippen LogP contribution >= 0.6 is 23.2 Å². The lowest BCUT2D eigenvalue weighted by Gasteiger charge is -2.09. The van der Waals surface area contributed by atoms with Gasteiger partial charge in [0.05, 0.1) is 11.1 Å². The van der Waals surface area contributed by atoms with Crippen molar-refractivity contribution in [1.82, 2.24) is 0 Å². The summed E-state index contributed by atoms with van der Waals surface area (Å²) >= 11 is 11.8. The van der Waals surface area contributed by atoms with Gasteiger partial charge in [-0.15, -0.1) is 0 Å². The Bertz CT molecular complexity index is 398. The maximum Gasteiger partial charge on any atom is 0.167 e. The van der Waals surface area contributed by atoms with Crippen LogP contribution in [0, 0.1) is 0 Å². The number of ether oxygens (including phenoxy) is 1. The number of halogens is 2. The third-order valence-electron chi connectivity index (χ3n) is 2.67. The number of carbonyl (C=O) groups excluding carboxylic acids is 1. The average molecular weight is 259 g/mol. The fourth-order valence-electron chi connectivity index (χ4n) is 1.83. The lowest BCUT2D eigenvalue weighted by molar-refractivity contribution is 0.0776. The minimum atomic E-state index is -0.000556. The summed E-state index contributed by atoms with van der Waals surface area (Å²) in [6.45, 7) is 0.751. The van der Waals surface area contributed by atoms with Gasteiger partial charge in [0, 0.05) is 23.6 Å². The fraction of sp³-hybridized carbons (Fsp3) is 0.417. The Morgan fingerprint density at radius 2 is 2.25 bits per heavy atom. The molecule has 0 saturated carbocycles. The topological polar surface area (TPSA) is 26.3 Å². The van der Waals surface area contributed by atoms with Crippen molar-refractivity contribution < 1.29 is 9.53 Å². The number of hydrogen-bond donors (Lipinski definition) is 0. The Kier molecular flexibility index (Phi) is 3.85. The zero-order chi connectivity index (χ0) is 11.5. The van der Waals surface area contributed by atoms with Gasteiger partial charge < -0.3 is 4.74 Å². The summed E-state index contributed by atoms with van der Waals surface area (Å²) in [4.78, 5) is 12.0. The number of hydrogen-bond acceptors (Lipinski definition) is 2. The lowest BCUT2D eigenvalue weighted by Crippen LogP contribution is -2.12. The van der Waals surface area contributed by atoms with E-state index in [1.54, 1.807) is 18.2 Å². The Labute approximate surface area is 104 Å². The van der Waals surface area contributed by atoms with Crippen molar-refractivity contribution in [2.45, 2.75) is 25.4 Å². The predicted molar refractivity (Wildman–Crippen MR) is 64.4 cm³/mol. The normalized spacial score (nSPS) is 20.0. The molecule has 16 heavy (non-hydrogen) atoms. The SMILES string of the molecule is O=C(CC1CCCO1)c1cc(Cl)ccc1Cl. The Morgan fingerprint density at radius 3 is 2.94 bits per heavy atom. The van der Waals surface area contributed by atoms with Gasteiger partial charge in [-0.2, -0.15) is 0 Å². The molecule has 1 aromatic carbocycles. The maximum atomic E-state index is 12.0. The molecule has 0 aromatic heterocycles. The molecule has 0 amide bonds. The molecule has 1 aliphatic heterocycles. The van der Waals surface area contributed by atoms with Crippen molar-refractivity contribution >= 4 is 29.0 Å². The van der Waals surface area contributed by atoms with E-state index in [2.05, 4.69) is 0 Å². The summed E-state index contributed by atoms with van der Waals surface area (Å²) in [5.74, 6) is -0.000556. The van der Waals surface area contributed by atoms with Crippen LogP contribution in [0.4, 0.5) is 0 Å². The van der Waals surface area contributed by atoms with E-state index in [0.717, 1.165) is 19.4 Å². The standard InChI is InChI=1S/C12H12Cl2O2/c13-8-3-4-11(14)10(6-8)12(15)7-9-2-1-5-16-9/h3-4,6,9H,1-2,5,7H2. The molecule has 1 aliphatic rings. The highest BCUT2D eigenvalue weighted by atomic mass is 35.5. The van der Waals surface area contributed by atoms with Crippen LogP contribution < -0.4 is 0 Å². The molecule has 2 rings (SSSR count). The van der Waals surface area contributed by atoms with Crippen LogP contribution in [0.2, 0.25) is 10.0 Å². The molecular weight excluding hydrogens is 247 g/mol. The van der Waals surface area contributed by atoms with Crippen LogP contribution in [0.3, 0.4) is 0 Å². The molecule has 4 heteroatoms. The molecule has 0 aliphatic carbocycles. The summed E-state index contributed by atoms with van der Waals surface area (Å²) in [7, 11) is 0. The first-order chi connectivity index (χ1) is 7.66. The van der Waals surface area contributed by atoms with Gasteiger partial charge in [-0.25, -0.2) is 0 Å². The van der Waals surface area contributed by atoms with Gasteiger partial charge in [-0.3, -0.25) is 4.79 Å². The van der Waals surface area contributed by atoms with Gasteiger partial charge in [-0.1, -0.05) is 23.2 Å². The van der Waals surface area contributed by atoms with Crippen LogP contribution in [-0.4, -0.2) is 18.5 Å². The number of benzene rings is 1. The van der Waals surface area contributed by atoms with Gasteiger partial charge in [0.15, 0.2) is 5.78 Å². The number of carbonyl (C=O) groups is 1. The second kappa shape index (κ2) is 5.17. The van der Waals surface area contributed by atoms with Gasteiger partial charge >= 0.3 is 0 Å². The minimum Gasteiger partial charge on any atom is -0.378 e. The first-order valence-corrected chi connectivity index (χ1v) is 6.02. The zero-order valence-corrected chi connectivity index (χ0v) is 10.2. The fourth-order valence-corrected chi connectivity index (χ4v) is 2.23. The van der Waals surface area contributed by atoms with E-state index in [4.69, 9.17) is 27.9 Å². The number of rotatable bonds is 3. The second-order valence-corrected chi connectivity index (χ2v) is 4.73. The summed E-state index contributed by atoms with van der Waals surface area (Å²) in [5.41, 5.74) is 0.490. The van der Waals surface area contributed by atoms with Crippen molar-refractivity contribution in [2.75, 3.05) is 6.61 Å². The van der Waals surface area contributed by atoms with E-state index in [9.17, 15) is 4.79 Å². The molecule has 1 atom stereocenters. The van der Waals surface area contributed by atoms with Crippen LogP contribution in [-0.2, 0) is 4.74 Å². The molecule has 86 valence electrons. The molecule has 0 spiro atoms. The quantitative estimate of drug-likeness (QED) is 0.773. The molecule has 0 bridgehead atoms. The molecule has 1 aromatic rings. The molecular formula is C12H12Cl2O2. The Hall–Kier alpha value is -0.570. The van der Waals surface area contributed by atoms with Gasteiger partial charge in [0.2, 0.25) is 0 Å². The van der Waals surface area contributed by atoms with Crippen LogP contribution in [0.25, 0.3) is 0 Å². The third-order valence-corrected chi connectivity index (χ3v) is 3.23. The minimum absolute atomic E-state index is 0.000556. The molecule has 1 unspecified atom stereocenters. The van der Waals surface area contributed by atoms with E-state index in [-0.39, 0.29) is 11.9 Å². The molecule has 2 nitrogen and oxygen atoms in total. The third kappa shape index (κ3) is 2.76. The van der Waals surface area contributed by atoms with E-state index in [1.807, 2.05) is 0 Å². The highest BCUT2D eigenvalue weighted by Crippen LogP contribution is 2.24. The molecule has 0 radical (unpaired) electrons. The van der Waals surface area contributed by atoms with Crippen molar-refractivity contribution in [3.63, 3.8) is 0 Å². The van der Waals surface area contributed by atoms with E-state index >= 15 is 0 Å². The smallest absolute Gasteiger partial charge is 0.167 e. The lowest BCUT2D eigenvalue weighted by atomic mass is 10.0. The number of Topliss-reactive ketones (excluding diaryl/α,β-unsaturated/α-hetero) is 1. The van der Waals surface area contributed by atoms with Crippen molar-refractivity contribution in [2.24, 2.45) is 0 Å². The first-order valence-electron chi connectivity index (χ1n) is 5.26. The van der Waals surface area contributed by atoms with Crippen LogP contribution in [0.5, 0.6) is 0 Å². The first kappa shape index (κ1) is 11.9. The Balaban J connectivity index is 2.10. The maximum absolute atomic E-state index is 12.0. The summed E-state index contributed by atoms with van der Waals surface area (Å²) in [6, 6.07) is 4.93. The van der Waals surface area contributed by atoms with E-state index in [0.29, 0.717) is 22.0 Å². The highest BCUT2D eigenvalue weighted by Gasteiger charge is 2.21. The summed E-state index contributed by atoms with van der Waals surface area (Å²) < 4.78 is 5.42. The van der Waals surface area contributed by atoms with E-state index < -0.39 is 0 Å². The Morgan fingerprint density at radius 1 is 1.44 bits per heavy atom. The molecule has 1 heterocycles. The van der Waals surface area contributed by atoms with Crippen LogP contribution in [0.1, 0.15) is 29.6 Å². The highest BCUT2D eigenvalue weighted by molar-refractivity contribution is 6.35. The second-order valence-electron chi connectivity index (χ2n) is 3.89. The van der Waals surface area contributed by atoms with Crippen LogP contribution in [0.15, 0.2) is 18.2 Å². The molecule has 1 saturated heterocycles. The largest absolute Gasteiger partial charge is 0.378 e. The van der Waals surface area contributed by atoms with Gasteiger partial charge in [0.25, 0.3) is 0 Å². The number of ketones is 1. The molecule has 1 fully saturated rings. The predicted octanol–water partition coefficient (Wildman–Crippen LogP) is 3.75. The monoisotopic (exact) mass is 258 g/mol. The van der Waals surface area contributed by atoms with Crippen molar-refractivity contribution in [1.29, 1.82) is 0 Å². The molecule has 0 N–H and O–H groups in total. The summed E-state index contributed by atoms with van der Waals surface area (Å²) in [5, 5.41) is 0.979. The van der Waals surface area contributed by atoms with Gasteiger partial charge in [0.1, 0.15) is 0 Å². The van der Waals surface area contributed by atoms with Gasteiger partial charge in [-0.05, 0) is 31.0 Å². The summed E-state index contributed by atoms with van der Waals surface area (Å²) in [6.07, 6.45) is 2.41. The average Bonchev–Trinajstić information content (AvgIpc) is 2.74.